The molecule has 1 aromatic rings. The lowest BCUT2D eigenvalue weighted by atomic mass is 9.72. The summed E-state index contributed by atoms with van der Waals surface area (Å²) >= 11 is 0. The topological polar surface area (TPSA) is 149 Å². The minimum Gasteiger partial charge on any atom is -0.480 e. The van der Waals surface area contributed by atoms with Crippen LogP contribution < -0.4 is 0 Å². The molecule has 3 aliphatic rings. The van der Waals surface area contributed by atoms with E-state index in [-0.39, 0.29) is 22.3 Å². The van der Waals surface area contributed by atoms with Crippen LogP contribution in [0.4, 0.5) is 0 Å². The molecule has 10 nitrogen and oxygen atoms in total. The Balaban J connectivity index is 1.90. The first-order chi connectivity index (χ1) is 13.2. The molecule has 2 atom stereocenters. The SMILES string of the molecule is O=C(O)CN1C(=O)c2ccc3c4c2C(C=CC4C(=O)N(CC(=O)O)C3=O)C1=O. The van der Waals surface area contributed by atoms with Crippen LogP contribution in [-0.2, 0) is 19.2 Å². The van der Waals surface area contributed by atoms with E-state index in [1.54, 1.807) is 0 Å². The summed E-state index contributed by atoms with van der Waals surface area (Å²) in [7, 11) is 0. The molecule has 0 radical (unpaired) electrons. The minimum absolute atomic E-state index is 0.0474. The molecular formula is C18H12N2O8. The maximum Gasteiger partial charge on any atom is 0.323 e. The molecule has 0 bridgehead atoms. The lowest BCUT2D eigenvalue weighted by Crippen LogP contribution is -2.51. The predicted molar refractivity (Wildman–Crippen MR) is 88.4 cm³/mol. The van der Waals surface area contributed by atoms with Gasteiger partial charge in [-0.25, -0.2) is 0 Å². The van der Waals surface area contributed by atoms with Crippen molar-refractivity contribution in [3.8, 4) is 0 Å². The molecule has 1 aromatic carbocycles. The molecule has 2 unspecified atom stereocenters. The number of carbonyl (C=O) groups is 6. The van der Waals surface area contributed by atoms with Gasteiger partial charge in [0, 0.05) is 11.1 Å². The van der Waals surface area contributed by atoms with E-state index in [0.29, 0.717) is 9.80 Å². The number of aliphatic carboxylic acids is 2. The second-order valence-electron chi connectivity index (χ2n) is 6.57. The fraction of sp³-hybridized carbons (Fsp3) is 0.222. The summed E-state index contributed by atoms with van der Waals surface area (Å²) < 4.78 is 0. The highest BCUT2D eigenvalue weighted by Crippen LogP contribution is 2.45. The van der Waals surface area contributed by atoms with E-state index < -0.39 is 60.5 Å². The first-order valence-electron chi connectivity index (χ1n) is 8.22. The Hall–Kier alpha value is -3.82. The van der Waals surface area contributed by atoms with Gasteiger partial charge in [0.05, 0.1) is 11.8 Å². The number of amides is 4. The van der Waals surface area contributed by atoms with Gasteiger partial charge in [-0.15, -0.1) is 0 Å². The standard InChI is InChI=1S/C18H12N2O8/c21-11(22)5-19-15(25)7-1-2-8-14-10(4-3-9(13(7)14)17(19)27)18(28)20(16(8)26)6-12(23)24/h1-4,7-8H,5-6H2,(H,21,22)(H,23,24). The van der Waals surface area contributed by atoms with E-state index in [1.807, 2.05) is 0 Å². The lowest BCUT2D eigenvalue weighted by molar-refractivity contribution is -0.143. The molecule has 4 amide bonds. The van der Waals surface area contributed by atoms with Gasteiger partial charge in [0.2, 0.25) is 11.8 Å². The van der Waals surface area contributed by atoms with Crippen LogP contribution in [0.2, 0.25) is 0 Å². The molecule has 0 saturated heterocycles. The third kappa shape index (κ3) is 2.27. The Labute approximate surface area is 156 Å². The molecule has 10 heteroatoms. The summed E-state index contributed by atoms with van der Waals surface area (Å²) in [5.74, 6) is -7.83. The van der Waals surface area contributed by atoms with Crippen molar-refractivity contribution in [1.82, 2.24) is 9.80 Å². The van der Waals surface area contributed by atoms with Gasteiger partial charge in [0.15, 0.2) is 0 Å². The monoisotopic (exact) mass is 384 g/mol. The van der Waals surface area contributed by atoms with Crippen molar-refractivity contribution in [2.75, 3.05) is 13.1 Å². The van der Waals surface area contributed by atoms with Gasteiger partial charge in [0.1, 0.15) is 13.1 Å². The van der Waals surface area contributed by atoms with Crippen LogP contribution in [-0.4, -0.2) is 68.7 Å². The van der Waals surface area contributed by atoms with E-state index in [1.165, 1.54) is 24.3 Å². The largest absolute Gasteiger partial charge is 0.480 e. The smallest absolute Gasteiger partial charge is 0.323 e. The zero-order valence-electron chi connectivity index (χ0n) is 14.1. The molecule has 0 spiro atoms. The number of nitrogens with zero attached hydrogens (tertiary/aromatic N) is 2. The molecule has 4 rings (SSSR count). The minimum atomic E-state index is -1.35. The Morgan fingerprint density at radius 3 is 1.43 bits per heavy atom. The summed E-state index contributed by atoms with van der Waals surface area (Å²) in [5.41, 5.74) is 0.508. The van der Waals surface area contributed by atoms with Gasteiger partial charge < -0.3 is 10.2 Å². The van der Waals surface area contributed by atoms with Gasteiger partial charge in [0.25, 0.3) is 11.8 Å². The van der Waals surface area contributed by atoms with Crippen molar-refractivity contribution < 1.29 is 39.0 Å². The van der Waals surface area contributed by atoms with Crippen LogP contribution >= 0.6 is 0 Å². The lowest BCUT2D eigenvalue weighted by Gasteiger charge is -2.39. The maximum absolute atomic E-state index is 12.7. The summed E-state index contributed by atoms with van der Waals surface area (Å²) in [5, 5.41) is 17.9. The fourth-order valence-electron chi connectivity index (χ4n) is 3.90. The summed E-state index contributed by atoms with van der Waals surface area (Å²) in [6.07, 6.45) is 2.77. The van der Waals surface area contributed by atoms with Crippen molar-refractivity contribution >= 4 is 35.6 Å². The Morgan fingerprint density at radius 2 is 1.11 bits per heavy atom. The highest BCUT2D eigenvalue weighted by Gasteiger charge is 2.48. The summed E-state index contributed by atoms with van der Waals surface area (Å²) in [6, 6.07) is 2.60. The molecule has 0 saturated carbocycles. The molecule has 0 fully saturated rings. The van der Waals surface area contributed by atoms with Crippen LogP contribution in [0.15, 0.2) is 24.3 Å². The molecule has 142 valence electrons. The predicted octanol–water partition coefficient (Wildman–Crippen LogP) is -0.442. The van der Waals surface area contributed by atoms with E-state index in [0.717, 1.165) is 0 Å². The van der Waals surface area contributed by atoms with Crippen LogP contribution in [0.1, 0.15) is 43.7 Å². The number of rotatable bonds is 4. The molecule has 2 N–H and O–H groups in total. The normalized spacial score (nSPS) is 22.4. The average molecular weight is 384 g/mol. The molecular weight excluding hydrogens is 372 g/mol. The van der Waals surface area contributed by atoms with Gasteiger partial charge in [-0.2, -0.15) is 0 Å². The zero-order valence-corrected chi connectivity index (χ0v) is 14.1. The van der Waals surface area contributed by atoms with Crippen molar-refractivity contribution in [2.45, 2.75) is 11.8 Å². The molecule has 1 aliphatic carbocycles. The second-order valence-corrected chi connectivity index (χ2v) is 6.57. The number of carboxylic acid groups (broad SMARTS) is 2. The van der Waals surface area contributed by atoms with E-state index >= 15 is 0 Å². The number of benzene rings is 1. The number of hydrogen-bond donors (Lipinski definition) is 2. The highest BCUT2D eigenvalue weighted by atomic mass is 16.4. The highest BCUT2D eigenvalue weighted by molar-refractivity contribution is 6.18. The van der Waals surface area contributed by atoms with E-state index in [9.17, 15) is 28.8 Å². The third-order valence-electron chi connectivity index (χ3n) is 5.01. The van der Waals surface area contributed by atoms with E-state index in [4.69, 9.17) is 10.2 Å². The summed E-state index contributed by atoms with van der Waals surface area (Å²) in [4.78, 5) is 73.9. The average Bonchev–Trinajstić information content (AvgIpc) is 2.64. The van der Waals surface area contributed by atoms with Gasteiger partial charge in [-0.3, -0.25) is 38.6 Å². The van der Waals surface area contributed by atoms with Crippen LogP contribution in [0, 0.1) is 0 Å². The Kier molecular flexibility index (Phi) is 3.67. The zero-order chi connectivity index (χ0) is 20.3. The number of carboxylic acids is 2. The maximum atomic E-state index is 12.7. The Bertz CT molecular complexity index is 959. The van der Waals surface area contributed by atoms with Crippen molar-refractivity contribution in [1.29, 1.82) is 0 Å². The van der Waals surface area contributed by atoms with Crippen molar-refractivity contribution in [3.05, 3.63) is 46.5 Å². The van der Waals surface area contributed by atoms with Crippen LogP contribution in [0.3, 0.4) is 0 Å². The van der Waals surface area contributed by atoms with Gasteiger partial charge in [-0.05, 0) is 23.3 Å². The third-order valence-corrected chi connectivity index (χ3v) is 5.01. The molecule has 2 heterocycles. The van der Waals surface area contributed by atoms with Crippen molar-refractivity contribution in [3.63, 3.8) is 0 Å². The van der Waals surface area contributed by atoms with Crippen LogP contribution in [0.25, 0.3) is 0 Å². The fourth-order valence-corrected chi connectivity index (χ4v) is 3.90. The molecule has 28 heavy (non-hydrogen) atoms. The molecule has 0 aromatic heterocycles. The number of imide groups is 2. The van der Waals surface area contributed by atoms with Gasteiger partial charge in [-0.1, -0.05) is 12.2 Å². The van der Waals surface area contributed by atoms with Crippen LogP contribution in [0.5, 0.6) is 0 Å². The summed E-state index contributed by atoms with van der Waals surface area (Å²) in [6.45, 7) is -1.60. The first kappa shape index (κ1) is 17.6. The van der Waals surface area contributed by atoms with Gasteiger partial charge >= 0.3 is 11.9 Å². The molecule has 2 aliphatic heterocycles. The van der Waals surface area contributed by atoms with E-state index in [2.05, 4.69) is 0 Å². The first-order valence-corrected chi connectivity index (χ1v) is 8.22. The quantitative estimate of drug-likeness (QED) is 0.524. The Morgan fingerprint density at radius 1 is 0.750 bits per heavy atom. The second kappa shape index (κ2) is 5.84. The van der Waals surface area contributed by atoms with Crippen molar-refractivity contribution in [2.24, 2.45) is 0 Å². The number of hydrogen-bond acceptors (Lipinski definition) is 6. The number of carbonyl (C=O) groups excluding carboxylic acids is 4.